The molecule has 0 saturated heterocycles. The largest absolute Gasteiger partial charge is 1.00 e. The van der Waals surface area contributed by atoms with Crippen LogP contribution in [0.3, 0.4) is 0 Å². The van der Waals surface area contributed by atoms with Crippen LogP contribution >= 0.6 is 0 Å². The Morgan fingerprint density at radius 1 is 1.06 bits per heavy atom. The first-order valence-corrected chi connectivity index (χ1v) is 6.07. The predicted molar refractivity (Wildman–Crippen MR) is 60.9 cm³/mol. The van der Waals surface area contributed by atoms with Gasteiger partial charge < -0.3 is 14.8 Å². The summed E-state index contributed by atoms with van der Waals surface area (Å²) in [5.41, 5.74) is 0. The number of carboxylic acids is 1. The van der Waals surface area contributed by atoms with Gasteiger partial charge in [0.25, 0.3) is 0 Å². The molecule has 0 aliphatic heterocycles. The van der Waals surface area contributed by atoms with Gasteiger partial charge in [0.15, 0.2) is 0 Å². The third-order valence-corrected chi connectivity index (χ3v) is 2.57. The number of alkyl halides is 1. The van der Waals surface area contributed by atoms with E-state index < -0.39 is 5.97 Å². The fraction of sp³-hybridized carbons (Fsp3) is 0.833. The Kier molecular flexibility index (Phi) is 14.9. The fourth-order valence-corrected chi connectivity index (χ4v) is 1.55. The van der Waals surface area contributed by atoms with E-state index in [9.17, 15) is 19.1 Å². The first-order valence-electron chi connectivity index (χ1n) is 6.07. The number of nitrogens with zero attached hydrogens (tertiary/aromatic N) is 1. The molecule has 0 rings (SSSR count). The zero-order valence-electron chi connectivity index (χ0n) is 11.4. The molecular weight excluding hydrogens is 248 g/mol. The summed E-state index contributed by atoms with van der Waals surface area (Å²) in [6.07, 6.45) is 5.56. The molecule has 0 aromatic carbocycles. The molecule has 0 bridgehead atoms. The molecule has 18 heavy (non-hydrogen) atoms. The third-order valence-electron chi connectivity index (χ3n) is 2.57. The molecule has 0 spiro atoms. The molecule has 0 radical (unpaired) electrons. The van der Waals surface area contributed by atoms with Gasteiger partial charge in [0.05, 0.1) is 19.2 Å². The number of hydrogen-bond donors (Lipinski definition) is 0. The fourth-order valence-electron chi connectivity index (χ4n) is 1.55. The van der Waals surface area contributed by atoms with Crippen molar-refractivity contribution in [3.05, 3.63) is 0 Å². The van der Waals surface area contributed by atoms with Gasteiger partial charge in [-0.25, -0.2) is 0 Å². The van der Waals surface area contributed by atoms with E-state index in [1.165, 1.54) is 11.9 Å². The second-order valence-corrected chi connectivity index (χ2v) is 4.18. The van der Waals surface area contributed by atoms with Crippen LogP contribution in [0.1, 0.15) is 44.9 Å². The van der Waals surface area contributed by atoms with Crippen LogP contribution in [0, 0.1) is 0 Å². The van der Waals surface area contributed by atoms with Gasteiger partial charge in [-0.2, -0.15) is 0 Å². The number of carboxylic acid groups (broad SMARTS) is 1. The molecule has 0 aliphatic rings. The third kappa shape index (κ3) is 12.3. The molecule has 0 unspecified atom stereocenters. The Morgan fingerprint density at radius 3 is 2.06 bits per heavy atom. The summed E-state index contributed by atoms with van der Waals surface area (Å²) in [6, 6.07) is 0. The minimum atomic E-state index is -1.24. The van der Waals surface area contributed by atoms with E-state index in [0.29, 0.717) is 12.8 Å². The summed E-state index contributed by atoms with van der Waals surface area (Å²) in [6.45, 7) is -0.609. The summed E-state index contributed by atoms with van der Waals surface area (Å²) < 4.78 is 11.8. The first kappa shape index (κ1) is 20.2. The van der Waals surface area contributed by atoms with Crippen LogP contribution in [-0.2, 0) is 9.59 Å². The number of unbranched alkanes of at least 4 members (excludes halogenated alkanes) is 5. The summed E-state index contributed by atoms with van der Waals surface area (Å²) in [4.78, 5) is 22.8. The van der Waals surface area contributed by atoms with Crippen LogP contribution in [0.5, 0.6) is 0 Å². The van der Waals surface area contributed by atoms with E-state index in [4.69, 9.17) is 0 Å². The standard InChI is InChI=1S/C12H22FNO3.Na/c1-14(10-12(16)17)11(15)8-6-4-2-3-5-7-9-13;/h2-10H2,1H3,(H,16,17);/q;+1/p-1. The Balaban J connectivity index is 0. The maximum absolute atomic E-state index is 11.8. The number of rotatable bonds is 10. The number of hydrogen-bond acceptors (Lipinski definition) is 3. The van der Waals surface area contributed by atoms with Crippen LogP contribution in [-0.4, -0.2) is 37.0 Å². The number of aliphatic carboxylic acids is 1. The molecule has 0 fully saturated rings. The van der Waals surface area contributed by atoms with Crippen molar-refractivity contribution in [3.63, 3.8) is 0 Å². The molecule has 6 heteroatoms. The van der Waals surface area contributed by atoms with Crippen molar-refractivity contribution in [2.45, 2.75) is 44.9 Å². The monoisotopic (exact) mass is 269 g/mol. The summed E-state index contributed by atoms with van der Waals surface area (Å²) in [5.74, 6) is -1.41. The molecular formula is C12H21FNNaO3. The second kappa shape index (κ2) is 13.3. The van der Waals surface area contributed by atoms with Crippen molar-refractivity contribution >= 4 is 11.9 Å². The zero-order chi connectivity index (χ0) is 13.1. The minimum Gasteiger partial charge on any atom is -0.548 e. The van der Waals surface area contributed by atoms with Gasteiger partial charge in [0, 0.05) is 13.5 Å². The number of halogens is 1. The Morgan fingerprint density at radius 2 is 1.56 bits per heavy atom. The van der Waals surface area contributed by atoms with Crippen LogP contribution < -0.4 is 34.7 Å². The molecule has 100 valence electrons. The Labute approximate surface area is 130 Å². The van der Waals surface area contributed by atoms with Gasteiger partial charge in [0.2, 0.25) is 5.91 Å². The van der Waals surface area contributed by atoms with Crippen LogP contribution in [0.2, 0.25) is 0 Å². The molecule has 0 saturated carbocycles. The molecule has 0 aromatic heterocycles. The SMILES string of the molecule is CN(CC(=O)[O-])C(=O)CCCCCCCCF.[Na+]. The molecule has 0 aliphatic carbocycles. The number of carbonyl (C=O) groups is 2. The van der Waals surface area contributed by atoms with Gasteiger partial charge >= 0.3 is 29.6 Å². The maximum atomic E-state index is 11.8. The van der Waals surface area contributed by atoms with Crippen LogP contribution in [0.15, 0.2) is 0 Å². The van der Waals surface area contributed by atoms with Crippen LogP contribution in [0.25, 0.3) is 0 Å². The maximum Gasteiger partial charge on any atom is 1.00 e. The molecule has 1 amide bonds. The second-order valence-electron chi connectivity index (χ2n) is 4.18. The zero-order valence-corrected chi connectivity index (χ0v) is 13.4. The van der Waals surface area contributed by atoms with E-state index in [1.54, 1.807) is 0 Å². The Bertz CT molecular complexity index is 239. The van der Waals surface area contributed by atoms with Crippen molar-refractivity contribution in [3.8, 4) is 0 Å². The normalized spacial score (nSPS) is 9.67. The smallest absolute Gasteiger partial charge is 0.548 e. The topological polar surface area (TPSA) is 60.4 Å². The van der Waals surface area contributed by atoms with Crippen molar-refractivity contribution in [2.75, 3.05) is 20.3 Å². The average Bonchev–Trinajstić information content (AvgIpc) is 2.26. The predicted octanol–water partition coefficient (Wildman–Crippen LogP) is -2.10. The number of likely N-dealkylation sites (N-methyl/N-ethyl adjacent to an activating group) is 1. The van der Waals surface area contributed by atoms with E-state index >= 15 is 0 Å². The van der Waals surface area contributed by atoms with Gasteiger partial charge in [-0.15, -0.1) is 0 Å². The van der Waals surface area contributed by atoms with E-state index in [0.717, 1.165) is 32.1 Å². The molecule has 4 nitrogen and oxygen atoms in total. The molecule has 0 N–H and O–H groups in total. The van der Waals surface area contributed by atoms with Crippen LogP contribution in [0.4, 0.5) is 4.39 Å². The van der Waals surface area contributed by atoms with Crippen molar-refractivity contribution < 1.29 is 48.6 Å². The van der Waals surface area contributed by atoms with Gasteiger partial charge in [-0.1, -0.05) is 25.7 Å². The molecule has 0 aromatic rings. The summed E-state index contributed by atoms with van der Waals surface area (Å²) in [5, 5.41) is 10.3. The average molecular weight is 269 g/mol. The summed E-state index contributed by atoms with van der Waals surface area (Å²) >= 11 is 0. The van der Waals surface area contributed by atoms with E-state index in [1.807, 2.05) is 0 Å². The summed E-state index contributed by atoms with van der Waals surface area (Å²) in [7, 11) is 1.46. The van der Waals surface area contributed by atoms with E-state index in [-0.39, 0.29) is 48.7 Å². The van der Waals surface area contributed by atoms with Gasteiger partial charge in [-0.3, -0.25) is 9.18 Å². The van der Waals surface area contributed by atoms with Crippen molar-refractivity contribution in [1.29, 1.82) is 0 Å². The van der Waals surface area contributed by atoms with Crippen molar-refractivity contribution in [1.82, 2.24) is 4.90 Å². The van der Waals surface area contributed by atoms with Gasteiger partial charge in [0.1, 0.15) is 0 Å². The number of carbonyl (C=O) groups excluding carboxylic acids is 2. The molecule has 0 atom stereocenters. The Hall–Kier alpha value is -0.130. The van der Waals surface area contributed by atoms with E-state index in [2.05, 4.69) is 0 Å². The quantitative estimate of drug-likeness (QED) is 0.337. The molecule has 0 heterocycles. The van der Waals surface area contributed by atoms with Crippen molar-refractivity contribution in [2.24, 2.45) is 0 Å². The van der Waals surface area contributed by atoms with Gasteiger partial charge in [-0.05, 0) is 12.8 Å². The first-order chi connectivity index (χ1) is 8.07. The minimum absolute atomic E-state index is 0. The number of amides is 1.